The third-order valence-corrected chi connectivity index (χ3v) is 5.34. The van der Waals surface area contributed by atoms with Crippen LogP contribution in [0.2, 0.25) is 0 Å². The second-order valence-corrected chi connectivity index (χ2v) is 7.30. The van der Waals surface area contributed by atoms with Crippen LogP contribution in [0.3, 0.4) is 0 Å². The smallest absolute Gasteiger partial charge is 0.191 e. The van der Waals surface area contributed by atoms with E-state index in [4.69, 9.17) is 4.74 Å². The van der Waals surface area contributed by atoms with Crippen molar-refractivity contribution in [2.24, 2.45) is 4.99 Å². The number of fused-ring (bicyclic) bond motifs is 1. The summed E-state index contributed by atoms with van der Waals surface area (Å²) in [5, 5.41) is 9.97. The number of aliphatic imine (C=N–C) groups is 1. The van der Waals surface area contributed by atoms with Crippen LogP contribution in [0.1, 0.15) is 23.5 Å². The van der Waals surface area contributed by atoms with Crippen molar-refractivity contribution in [1.82, 2.24) is 20.5 Å². The summed E-state index contributed by atoms with van der Waals surface area (Å²) in [6.45, 7) is 6.82. The molecule has 8 heteroatoms. The maximum Gasteiger partial charge on any atom is 0.191 e. The first-order valence-electron chi connectivity index (χ1n) is 8.46. The second-order valence-electron chi connectivity index (χ2n) is 6.23. The van der Waals surface area contributed by atoms with Crippen molar-refractivity contribution in [2.75, 3.05) is 39.8 Å². The molecule has 0 amide bonds. The Labute approximate surface area is 165 Å². The summed E-state index contributed by atoms with van der Waals surface area (Å²) in [7, 11) is 1.81. The van der Waals surface area contributed by atoms with Gasteiger partial charge in [0.15, 0.2) is 5.96 Å². The Morgan fingerprint density at radius 2 is 2.38 bits per heavy atom. The molecule has 2 fully saturated rings. The highest BCUT2D eigenvalue weighted by Crippen LogP contribution is 2.22. The Morgan fingerprint density at radius 3 is 3.12 bits per heavy atom. The van der Waals surface area contributed by atoms with Crippen LogP contribution in [-0.2, 0) is 11.2 Å². The Hall–Kier alpha value is -0.450. The number of nitrogens with zero attached hydrogens (tertiary/aromatic N) is 3. The van der Waals surface area contributed by atoms with Crippen molar-refractivity contribution in [2.45, 2.75) is 38.3 Å². The number of aryl methyl sites for hydroxylation is 1. The van der Waals surface area contributed by atoms with E-state index < -0.39 is 0 Å². The fraction of sp³-hybridized carbons (Fsp3) is 0.750. The molecule has 3 heterocycles. The molecular weight excluding hydrogens is 437 g/mol. The predicted octanol–water partition coefficient (Wildman–Crippen LogP) is 1.64. The van der Waals surface area contributed by atoms with Crippen molar-refractivity contribution >= 4 is 41.3 Å². The van der Waals surface area contributed by atoms with Crippen LogP contribution in [0.15, 0.2) is 10.4 Å². The summed E-state index contributed by atoms with van der Waals surface area (Å²) >= 11 is 1.70. The molecule has 6 nitrogen and oxygen atoms in total. The number of nitrogens with one attached hydrogen (secondary N) is 2. The van der Waals surface area contributed by atoms with E-state index in [1.165, 1.54) is 19.4 Å². The number of guanidine groups is 1. The van der Waals surface area contributed by atoms with E-state index in [1.807, 2.05) is 6.92 Å². The number of rotatable bonds is 5. The van der Waals surface area contributed by atoms with Crippen LogP contribution < -0.4 is 10.6 Å². The summed E-state index contributed by atoms with van der Waals surface area (Å²) in [5.41, 5.74) is 1.14. The van der Waals surface area contributed by atoms with Crippen molar-refractivity contribution in [3.63, 3.8) is 0 Å². The molecule has 2 aliphatic rings. The van der Waals surface area contributed by atoms with Gasteiger partial charge in [-0.1, -0.05) is 0 Å². The lowest BCUT2D eigenvalue weighted by Crippen LogP contribution is -2.51. The quantitative estimate of drug-likeness (QED) is 0.394. The van der Waals surface area contributed by atoms with E-state index in [-0.39, 0.29) is 30.1 Å². The Balaban J connectivity index is 0.00000208. The van der Waals surface area contributed by atoms with Crippen LogP contribution in [0.25, 0.3) is 0 Å². The van der Waals surface area contributed by atoms with Crippen molar-refractivity contribution < 1.29 is 4.74 Å². The zero-order chi connectivity index (χ0) is 16.1. The van der Waals surface area contributed by atoms with E-state index >= 15 is 0 Å². The van der Waals surface area contributed by atoms with Gasteiger partial charge in [0.05, 0.1) is 23.4 Å². The molecule has 2 unspecified atom stereocenters. The zero-order valence-electron chi connectivity index (χ0n) is 14.5. The average Bonchev–Trinajstić information content (AvgIpc) is 3.18. The van der Waals surface area contributed by atoms with Gasteiger partial charge in [-0.3, -0.25) is 9.89 Å². The third kappa shape index (κ3) is 5.53. The normalized spacial score (nSPS) is 24.3. The number of hydrogen-bond acceptors (Lipinski definition) is 5. The second kappa shape index (κ2) is 9.88. The summed E-state index contributed by atoms with van der Waals surface area (Å²) in [4.78, 5) is 11.3. The van der Waals surface area contributed by atoms with Crippen LogP contribution in [0.4, 0.5) is 0 Å². The lowest BCUT2D eigenvalue weighted by Gasteiger charge is -2.35. The van der Waals surface area contributed by atoms with E-state index in [2.05, 4.69) is 30.9 Å². The first-order valence-corrected chi connectivity index (χ1v) is 9.33. The molecule has 136 valence electrons. The molecule has 0 bridgehead atoms. The van der Waals surface area contributed by atoms with Crippen molar-refractivity contribution in [3.05, 3.63) is 16.1 Å². The minimum atomic E-state index is 0. The highest BCUT2D eigenvalue weighted by Gasteiger charge is 2.32. The first-order chi connectivity index (χ1) is 11.2. The van der Waals surface area contributed by atoms with Gasteiger partial charge in [-0.25, -0.2) is 4.98 Å². The maximum atomic E-state index is 5.97. The molecular formula is C16H28IN5OS. The van der Waals surface area contributed by atoms with Crippen molar-refractivity contribution in [1.29, 1.82) is 0 Å². The summed E-state index contributed by atoms with van der Waals surface area (Å²) in [6, 6.07) is 0.658. The van der Waals surface area contributed by atoms with E-state index in [0.717, 1.165) is 49.3 Å². The minimum Gasteiger partial charge on any atom is -0.373 e. The highest BCUT2D eigenvalue weighted by molar-refractivity contribution is 14.0. The van der Waals surface area contributed by atoms with Gasteiger partial charge >= 0.3 is 0 Å². The SMILES string of the molecule is CN=C(NCCc1csc(C)n1)NCC1CN2CCCC2CO1.I. The first kappa shape index (κ1) is 19.9. The van der Waals surface area contributed by atoms with Crippen LogP contribution in [-0.4, -0.2) is 67.8 Å². The van der Waals surface area contributed by atoms with Gasteiger partial charge in [-0.05, 0) is 26.3 Å². The minimum absolute atomic E-state index is 0. The molecule has 2 atom stereocenters. The summed E-state index contributed by atoms with van der Waals surface area (Å²) < 4.78 is 5.97. The highest BCUT2D eigenvalue weighted by atomic mass is 127. The average molecular weight is 465 g/mol. The van der Waals surface area contributed by atoms with Gasteiger partial charge in [-0.2, -0.15) is 0 Å². The van der Waals surface area contributed by atoms with Crippen molar-refractivity contribution in [3.8, 4) is 0 Å². The topological polar surface area (TPSA) is 61.8 Å². The standard InChI is InChI=1S/C16H27N5OS.HI/c1-12-20-13(11-23-12)5-6-18-16(17-2)19-8-15-9-21-7-3-4-14(21)10-22-15;/h11,14-15H,3-10H2,1-2H3,(H2,17,18,19);1H. The molecule has 2 N–H and O–H groups in total. The molecule has 2 aliphatic heterocycles. The largest absolute Gasteiger partial charge is 0.373 e. The lowest BCUT2D eigenvalue weighted by atomic mass is 10.2. The number of ether oxygens (including phenoxy) is 1. The molecule has 3 rings (SSSR count). The van der Waals surface area contributed by atoms with Gasteiger partial charge in [0, 0.05) is 44.5 Å². The number of hydrogen-bond donors (Lipinski definition) is 2. The Morgan fingerprint density at radius 1 is 1.50 bits per heavy atom. The molecule has 0 spiro atoms. The van der Waals surface area contributed by atoms with E-state index in [0.29, 0.717) is 6.04 Å². The van der Waals surface area contributed by atoms with E-state index in [9.17, 15) is 0 Å². The maximum absolute atomic E-state index is 5.97. The van der Waals surface area contributed by atoms with Crippen LogP contribution >= 0.6 is 35.3 Å². The molecule has 2 saturated heterocycles. The molecule has 0 aliphatic carbocycles. The third-order valence-electron chi connectivity index (χ3n) is 4.52. The fourth-order valence-corrected chi connectivity index (χ4v) is 3.92. The molecule has 24 heavy (non-hydrogen) atoms. The number of morpholine rings is 1. The summed E-state index contributed by atoms with van der Waals surface area (Å²) in [5.74, 6) is 0.837. The van der Waals surface area contributed by atoms with Gasteiger partial charge < -0.3 is 15.4 Å². The molecule has 1 aromatic heterocycles. The molecule has 0 aromatic carbocycles. The molecule has 0 saturated carbocycles. The summed E-state index contributed by atoms with van der Waals surface area (Å²) in [6.07, 6.45) is 3.78. The molecule has 1 aromatic rings. The van der Waals surface area contributed by atoms with E-state index in [1.54, 1.807) is 18.4 Å². The predicted molar refractivity (Wildman–Crippen MR) is 110 cm³/mol. The van der Waals surface area contributed by atoms with Crippen LogP contribution in [0.5, 0.6) is 0 Å². The monoisotopic (exact) mass is 465 g/mol. The lowest BCUT2D eigenvalue weighted by molar-refractivity contribution is -0.0453. The number of thiazole rings is 1. The number of aromatic nitrogens is 1. The Kier molecular flexibility index (Phi) is 8.18. The van der Waals surface area contributed by atoms with Gasteiger partial charge in [0.2, 0.25) is 0 Å². The van der Waals surface area contributed by atoms with Crippen LogP contribution in [0, 0.1) is 6.92 Å². The van der Waals surface area contributed by atoms with Gasteiger partial charge in [-0.15, -0.1) is 35.3 Å². The molecule has 0 radical (unpaired) electrons. The fourth-order valence-electron chi connectivity index (χ4n) is 3.27. The van der Waals surface area contributed by atoms with Gasteiger partial charge in [0.1, 0.15) is 0 Å². The van der Waals surface area contributed by atoms with Gasteiger partial charge in [0.25, 0.3) is 0 Å². The Bertz CT molecular complexity index is 538. The number of halogens is 1. The zero-order valence-corrected chi connectivity index (χ0v) is 17.6.